The van der Waals surface area contributed by atoms with E-state index in [0.717, 1.165) is 22.2 Å². The lowest BCUT2D eigenvalue weighted by atomic mass is 10.2. The molecule has 1 N–H and O–H groups in total. The van der Waals surface area contributed by atoms with Crippen LogP contribution in [0.4, 0.5) is 10.5 Å². The maximum absolute atomic E-state index is 12.7. The standard InChI is InChI=1S/C24H22N2O5S/c1-4-11-31-19-10-9-17(13-20(19)30-5-2)14-21-23(28)26(24(29)32-21)15-22(27)25-18-8-6-7-16(3)12-18/h1,6-10,12-14H,5,11,15H2,2-3H3,(H,25,27)/b21-14+. The highest BCUT2D eigenvalue weighted by Crippen LogP contribution is 2.34. The summed E-state index contributed by atoms with van der Waals surface area (Å²) in [5, 5.41) is 2.20. The van der Waals surface area contributed by atoms with E-state index in [-0.39, 0.29) is 18.1 Å². The Labute approximate surface area is 190 Å². The van der Waals surface area contributed by atoms with Crippen molar-refractivity contribution in [2.45, 2.75) is 13.8 Å². The number of hydrogen-bond donors (Lipinski definition) is 1. The van der Waals surface area contributed by atoms with Crippen molar-refractivity contribution in [3.05, 3.63) is 58.5 Å². The molecule has 1 aliphatic rings. The topological polar surface area (TPSA) is 84.9 Å². The van der Waals surface area contributed by atoms with Crippen LogP contribution in [-0.4, -0.2) is 41.7 Å². The molecule has 0 aromatic heterocycles. The molecular weight excluding hydrogens is 428 g/mol. The van der Waals surface area contributed by atoms with Gasteiger partial charge in [-0.1, -0.05) is 24.1 Å². The number of carbonyl (C=O) groups is 3. The van der Waals surface area contributed by atoms with Crippen molar-refractivity contribution in [3.63, 3.8) is 0 Å². The van der Waals surface area contributed by atoms with Gasteiger partial charge in [-0.2, -0.15) is 0 Å². The quantitative estimate of drug-likeness (QED) is 0.482. The molecule has 1 heterocycles. The first-order valence-corrected chi connectivity index (χ1v) is 10.7. The molecule has 1 aliphatic heterocycles. The maximum Gasteiger partial charge on any atom is 0.294 e. The van der Waals surface area contributed by atoms with Crippen molar-refractivity contribution in [2.24, 2.45) is 0 Å². The number of benzene rings is 2. The first kappa shape index (κ1) is 23.0. The van der Waals surface area contributed by atoms with Gasteiger partial charge in [-0.3, -0.25) is 19.3 Å². The number of anilines is 1. The summed E-state index contributed by atoms with van der Waals surface area (Å²) in [6.07, 6.45) is 6.81. The minimum absolute atomic E-state index is 0.100. The van der Waals surface area contributed by atoms with Gasteiger partial charge in [0.1, 0.15) is 13.2 Å². The third-order valence-electron chi connectivity index (χ3n) is 4.35. The summed E-state index contributed by atoms with van der Waals surface area (Å²) in [7, 11) is 0. The number of rotatable bonds is 8. The van der Waals surface area contributed by atoms with Gasteiger partial charge in [-0.25, -0.2) is 0 Å². The highest BCUT2D eigenvalue weighted by atomic mass is 32.2. The average Bonchev–Trinajstić information content (AvgIpc) is 3.00. The lowest BCUT2D eigenvalue weighted by Gasteiger charge is -2.13. The fourth-order valence-electron chi connectivity index (χ4n) is 2.98. The SMILES string of the molecule is C#CCOc1ccc(/C=C2/SC(=O)N(CC(=O)Nc3cccc(C)c3)C2=O)cc1OCC. The van der Waals surface area contributed by atoms with Crippen molar-refractivity contribution in [3.8, 4) is 23.8 Å². The molecule has 3 rings (SSSR count). The number of imide groups is 1. The molecule has 32 heavy (non-hydrogen) atoms. The molecule has 2 aromatic carbocycles. The third-order valence-corrected chi connectivity index (χ3v) is 5.26. The molecule has 8 heteroatoms. The van der Waals surface area contributed by atoms with Gasteiger partial charge < -0.3 is 14.8 Å². The van der Waals surface area contributed by atoms with Gasteiger partial charge in [-0.15, -0.1) is 6.42 Å². The van der Waals surface area contributed by atoms with E-state index in [4.69, 9.17) is 15.9 Å². The summed E-state index contributed by atoms with van der Waals surface area (Å²) in [6.45, 7) is 3.90. The molecule has 0 spiro atoms. The van der Waals surface area contributed by atoms with Gasteiger partial charge in [0, 0.05) is 5.69 Å². The van der Waals surface area contributed by atoms with E-state index in [2.05, 4.69) is 11.2 Å². The Hall–Kier alpha value is -3.70. The van der Waals surface area contributed by atoms with Gasteiger partial charge in [-0.05, 0) is 67.1 Å². The molecule has 164 valence electrons. The molecule has 0 unspecified atom stereocenters. The predicted molar refractivity (Wildman–Crippen MR) is 124 cm³/mol. The molecule has 0 atom stereocenters. The van der Waals surface area contributed by atoms with Crippen LogP contribution in [0.15, 0.2) is 47.4 Å². The third kappa shape index (κ3) is 5.71. The monoisotopic (exact) mass is 450 g/mol. The Morgan fingerprint density at radius 2 is 2.00 bits per heavy atom. The fourth-order valence-corrected chi connectivity index (χ4v) is 3.81. The number of aryl methyl sites for hydroxylation is 1. The number of hydrogen-bond acceptors (Lipinski definition) is 6. The molecule has 0 radical (unpaired) electrons. The molecule has 0 saturated carbocycles. The lowest BCUT2D eigenvalue weighted by molar-refractivity contribution is -0.127. The Balaban J connectivity index is 1.72. The summed E-state index contributed by atoms with van der Waals surface area (Å²) in [4.78, 5) is 38.6. The Bertz CT molecular complexity index is 1120. The number of nitrogens with zero attached hydrogens (tertiary/aromatic N) is 1. The molecule has 1 saturated heterocycles. The number of terminal acetylenes is 1. The summed E-state index contributed by atoms with van der Waals surface area (Å²) in [5.74, 6) is 2.39. The largest absolute Gasteiger partial charge is 0.490 e. The zero-order chi connectivity index (χ0) is 23.1. The number of nitrogens with one attached hydrogen (secondary N) is 1. The van der Waals surface area contributed by atoms with Gasteiger partial charge in [0.05, 0.1) is 11.5 Å². The maximum atomic E-state index is 12.7. The summed E-state index contributed by atoms with van der Waals surface area (Å²) >= 11 is 0.785. The number of carbonyl (C=O) groups excluding carboxylic acids is 3. The second kappa shape index (κ2) is 10.6. The van der Waals surface area contributed by atoms with Crippen molar-refractivity contribution < 1.29 is 23.9 Å². The minimum atomic E-state index is -0.523. The highest BCUT2D eigenvalue weighted by Gasteiger charge is 2.36. The van der Waals surface area contributed by atoms with E-state index in [9.17, 15) is 14.4 Å². The van der Waals surface area contributed by atoms with Crippen molar-refractivity contribution in [1.29, 1.82) is 0 Å². The zero-order valence-corrected chi connectivity index (χ0v) is 18.5. The van der Waals surface area contributed by atoms with Crippen LogP contribution in [0.3, 0.4) is 0 Å². The molecule has 2 aromatic rings. The summed E-state index contributed by atoms with van der Waals surface area (Å²) in [5.41, 5.74) is 2.24. The highest BCUT2D eigenvalue weighted by molar-refractivity contribution is 8.18. The van der Waals surface area contributed by atoms with E-state index in [1.165, 1.54) is 0 Å². The minimum Gasteiger partial charge on any atom is -0.490 e. The molecule has 3 amide bonds. The van der Waals surface area contributed by atoms with Crippen molar-refractivity contribution in [1.82, 2.24) is 4.90 Å². The molecule has 0 bridgehead atoms. The average molecular weight is 451 g/mol. The van der Waals surface area contributed by atoms with Crippen LogP contribution in [0, 0.1) is 19.3 Å². The lowest BCUT2D eigenvalue weighted by Crippen LogP contribution is -2.36. The first-order chi connectivity index (χ1) is 15.4. The van der Waals surface area contributed by atoms with E-state index in [0.29, 0.717) is 29.4 Å². The van der Waals surface area contributed by atoms with Crippen LogP contribution in [-0.2, 0) is 9.59 Å². The number of thioether (sulfide) groups is 1. The molecular formula is C24H22N2O5S. The van der Waals surface area contributed by atoms with Crippen LogP contribution in [0.2, 0.25) is 0 Å². The van der Waals surface area contributed by atoms with Gasteiger partial charge in [0.15, 0.2) is 11.5 Å². The Morgan fingerprint density at radius 3 is 2.72 bits per heavy atom. The van der Waals surface area contributed by atoms with Crippen LogP contribution in [0.25, 0.3) is 6.08 Å². The van der Waals surface area contributed by atoms with Gasteiger partial charge in [0.25, 0.3) is 11.1 Å². The van der Waals surface area contributed by atoms with Gasteiger partial charge >= 0.3 is 0 Å². The van der Waals surface area contributed by atoms with E-state index in [1.54, 1.807) is 36.4 Å². The summed E-state index contributed by atoms with van der Waals surface area (Å²) in [6, 6.07) is 12.4. The molecule has 0 aliphatic carbocycles. The second-order valence-electron chi connectivity index (χ2n) is 6.82. The van der Waals surface area contributed by atoms with E-state index in [1.807, 2.05) is 26.0 Å². The number of ether oxygens (including phenoxy) is 2. The second-order valence-corrected chi connectivity index (χ2v) is 7.81. The van der Waals surface area contributed by atoms with E-state index >= 15 is 0 Å². The molecule has 1 fully saturated rings. The normalized spacial score (nSPS) is 14.4. The van der Waals surface area contributed by atoms with Gasteiger partial charge in [0.2, 0.25) is 5.91 Å². The smallest absolute Gasteiger partial charge is 0.294 e. The Morgan fingerprint density at radius 1 is 1.19 bits per heavy atom. The van der Waals surface area contributed by atoms with Crippen LogP contribution in [0.5, 0.6) is 11.5 Å². The van der Waals surface area contributed by atoms with Crippen LogP contribution < -0.4 is 14.8 Å². The van der Waals surface area contributed by atoms with Crippen molar-refractivity contribution in [2.75, 3.05) is 25.1 Å². The van der Waals surface area contributed by atoms with E-state index < -0.39 is 17.1 Å². The zero-order valence-electron chi connectivity index (χ0n) is 17.7. The van der Waals surface area contributed by atoms with Crippen molar-refractivity contribution >= 4 is 40.6 Å². The predicted octanol–water partition coefficient (Wildman–Crippen LogP) is 4.08. The van der Waals surface area contributed by atoms with Crippen LogP contribution in [0.1, 0.15) is 18.1 Å². The summed E-state index contributed by atoms with van der Waals surface area (Å²) < 4.78 is 11.0. The fraction of sp³-hybridized carbons (Fsp3) is 0.208. The Kier molecular flexibility index (Phi) is 7.58. The molecule has 7 nitrogen and oxygen atoms in total. The first-order valence-electron chi connectivity index (χ1n) is 9.86. The van der Waals surface area contributed by atoms with Crippen LogP contribution >= 0.6 is 11.8 Å². The number of amides is 3.